The van der Waals surface area contributed by atoms with Crippen molar-refractivity contribution in [3.8, 4) is 11.5 Å². The van der Waals surface area contributed by atoms with Gasteiger partial charge in [-0.15, -0.1) is 0 Å². The first kappa shape index (κ1) is 28.3. The molecule has 2 rings (SSSR count). The number of amides is 2. The van der Waals surface area contributed by atoms with E-state index in [9.17, 15) is 22.4 Å². The molecule has 0 fully saturated rings. The monoisotopic (exact) mass is 533 g/mol. The third-order valence-electron chi connectivity index (χ3n) is 4.54. The Morgan fingerprint density at radius 2 is 1.80 bits per heavy atom. The number of carbonyl (C=O) groups is 2. The maximum Gasteiger partial charge on any atom is 0.409 e. The smallest absolute Gasteiger partial charge is 0.409 e. The number of methoxy groups -OCH3 is 1. The number of hydrogen-bond acceptors (Lipinski definition) is 8. The van der Waals surface area contributed by atoms with E-state index in [1.54, 1.807) is 12.1 Å². The molecule has 14 heteroatoms. The molecule has 2 N–H and O–H groups in total. The van der Waals surface area contributed by atoms with Gasteiger partial charge in [0.1, 0.15) is 12.4 Å². The number of nitrogens with zero attached hydrogens (tertiary/aromatic N) is 2. The Kier molecular flexibility index (Phi) is 10.7. The molecule has 35 heavy (non-hydrogen) atoms. The molecule has 0 saturated carbocycles. The van der Waals surface area contributed by atoms with E-state index in [-0.39, 0.29) is 37.8 Å². The van der Waals surface area contributed by atoms with E-state index in [4.69, 9.17) is 31.0 Å². The predicted octanol–water partition coefficient (Wildman–Crippen LogP) is 2.48. The lowest BCUT2D eigenvalue weighted by Gasteiger charge is -2.24. The molecule has 0 radical (unpaired) electrons. The number of carbonyl (C=O) groups excluding carboxylic acids is 2. The van der Waals surface area contributed by atoms with Gasteiger partial charge in [0.15, 0.2) is 11.6 Å². The maximum absolute atomic E-state index is 14.7. The Morgan fingerprint density at radius 3 is 2.40 bits per heavy atom. The number of likely N-dealkylation sites (N-methyl/N-ethyl adjacent to an activating group) is 1. The van der Waals surface area contributed by atoms with E-state index >= 15 is 0 Å². The Balaban J connectivity index is 2.19. The zero-order chi connectivity index (χ0) is 26.0. The highest BCUT2D eigenvalue weighted by atomic mass is 35.5. The zero-order valence-electron chi connectivity index (χ0n) is 18.9. The van der Waals surface area contributed by atoms with Gasteiger partial charge in [0.05, 0.1) is 18.0 Å². The summed E-state index contributed by atoms with van der Waals surface area (Å²) in [5.41, 5.74) is 1.35. The van der Waals surface area contributed by atoms with Crippen molar-refractivity contribution < 1.29 is 41.8 Å². The van der Waals surface area contributed by atoms with Gasteiger partial charge in [-0.05, 0) is 42.5 Å². The Morgan fingerprint density at radius 1 is 1.11 bits per heavy atom. The molecular weight excluding hydrogens is 509 g/mol. The second-order valence-corrected chi connectivity index (χ2v) is 9.42. The fraction of sp³-hybridized carbons (Fsp3) is 0.333. The van der Waals surface area contributed by atoms with Gasteiger partial charge in [0.2, 0.25) is 10.0 Å². The lowest BCUT2D eigenvalue weighted by molar-refractivity contribution is -0.129. The summed E-state index contributed by atoms with van der Waals surface area (Å²) in [4.78, 5) is 24.3. The quantitative estimate of drug-likeness (QED) is 0.241. The van der Waals surface area contributed by atoms with E-state index in [0.717, 1.165) is 23.1 Å². The molecule has 0 atom stereocenters. The third kappa shape index (κ3) is 8.33. The minimum atomic E-state index is -4.42. The molecule has 2 amide bonds. The normalized spacial score (nSPS) is 11.3. The van der Waals surface area contributed by atoms with Crippen LogP contribution in [-0.4, -0.2) is 81.8 Å². The number of sulfonamides is 1. The summed E-state index contributed by atoms with van der Waals surface area (Å²) in [7, 11) is -1.61. The standard InChI is InChI=1S/C21H25ClFN3O8S/c1-25(21(28)33-12-11-32-2)9-10-26(14-20(27)24-29)35(30,31)17-7-8-19(18(23)13-17)34-16-5-3-15(22)4-6-16/h3-8,13,29H,9-12,14H2,1-2H3,(H,24,27). The van der Waals surface area contributed by atoms with E-state index < -0.39 is 39.3 Å². The number of nitrogens with one attached hydrogen (secondary N) is 1. The molecule has 0 spiro atoms. The number of hydrogen-bond donors (Lipinski definition) is 2. The van der Waals surface area contributed by atoms with E-state index in [1.165, 1.54) is 31.8 Å². The average Bonchev–Trinajstić information content (AvgIpc) is 2.83. The van der Waals surface area contributed by atoms with Crippen LogP contribution in [0.3, 0.4) is 0 Å². The highest BCUT2D eigenvalue weighted by Crippen LogP contribution is 2.28. The van der Waals surface area contributed by atoms with Gasteiger partial charge in [0.25, 0.3) is 5.91 Å². The lowest BCUT2D eigenvalue weighted by Crippen LogP contribution is -2.44. The highest BCUT2D eigenvalue weighted by molar-refractivity contribution is 7.89. The largest absolute Gasteiger partial charge is 0.454 e. The van der Waals surface area contributed by atoms with Crippen LogP contribution in [0.25, 0.3) is 0 Å². The van der Waals surface area contributed by atoms with Crippen LogP contribution in [-0.2, 0) is 24.3 Å². The molecule has 2 aromatic rings. The third-order valence-corrected chi connectivity index (χ3v) is 6.63. The SMILES string of the molecule is COCCOC(=O)N(C)CCN(CC(=O)NO)S(=O)(=O)c1ccc(Oc2ccc(Cl)cc2)c(F)c1. The van der Waals surface area contributed by atoms with Crippen LogP contribution in [0.1, 0.15) is 0 Å². The van der Waals surface area contributed by atoms with Crippen molar-refractivity contribution in [1.29, 1.82) is 0 Å². The van der Waals surface area contributed by atoms with Gasteiger partial charge in [-0.25, -0.2) is 23.1 Å². The van der Waals surface area contributed by atoms with Crippen molar-refractivity contribution in [2.45, 2.75) is 4.90 Å². The number of ether oxygens (including phenoxy) is 3. The molecule has 0 saturated heterocycles. The molecule has 192 valence electrons. The molecule has 0 aromatic heterocycles. The van der Waals surface area contributed by atoms with Crippen LogP contribution in [0.2, 0.25) is 5.02 Å². The van der Waals surface area contributed by atoms with Gasteiger partial charge in [-0.2, -0.15) is 4.31 Å². The minimum Gasteiger partial charge on any atom is -0.454 e. The first-order valence-electron chi connectivity index (χ1n) is 10.1. The summed E-state index contributed by atoms with van der Waals surface area (Å²) in [5.74, 6) is -1.94. The van der Waals surface area contributed by atoms with Crippen molar-refractivity contribution in [2.24, 2.45) is 0 Å². The Hall–Kier alpha value is -2.97. The van der Waals surface area contributed by atoms with Gasteiger partial charge < -0.3 is 19.1 Å². The topological polar surface area (TPSA) is 135 Å². The molecule has 2 aromatic carbocycles. The van der Waals surface area contributed by atoms with Crippen molar-refractivity contribution in [3.63, 3.8) is 0 Å². The molecule has 0 aliphatic rings. The minimum absolute atomic E-state index is 0.00166. The molecule has 0 heterocycles. The number of rotatable bonds is 12. The number of benzene rings is 2. The summed E-state index contributed by atoms with van der Waals surface area (Å²) in [6.45, 7) is -1.12. The molecule has 0 bridgehead atoms. The van der Waals surface area contributed by atoms with Crippen molar-refractivity contribution in [2.75, 3.05) is 47.0 Å². The summed E-state index contributed by atoms with van der Waals surface area (Å²) in [5, 5.41) is 9.30. The van der Waals surface area contributed by atoms with Gasteiger partial charge in [-0.1, -0.05) is 11.6 Å². The van der Waals surface area contributed by atoms with Crippen LogP contribution >= 0.6 is 11.6 Å². The van der Waals surface area contributed by atoms with E-state index in [0.29, 0.717) is 9.33 Å². The average molecular weight is 534 g/mol. The summed E-state index contributed by atoms with van der Waals surface area (Å²) in [6.07, 6.45) is -0.735. The Bertz CT molecular complexity index is 1120. The zero-order valence-corrected chi connectivity index (χ0v) is 20.5. The predicted molar refractivity (Wildman–Crippen MR) is 122 cm³/mol. The van der Waals surface area contributed by atoms with Gasteiger partial charge >= 0.3 is 6.09 Å². The van der Waals surface area contributed by atoms with Crippen LogP contribution in [0, 0.1) is 5.82 Å². The molecule has 0 aliphatic heterocycles. The van der Waals surface area contributed by atoms with Crippen molar-refractivity contribution in [1.82, 2.24) is 14.7 Å². The molecule has 0 aliphatic carbocycles. The van der Waals surface area contributed by atoms with Crippen LogP contribution in [0.4, 0.5) is 9.18 Å². The molecule has 11 nitrogen and oxygen atoms in total. The fourth-order valence-electron chi connectivity index (χ4n) is 2.66. The van der Waals surface area contributed by atoms with Crippen LogP contribution in [0.15, 0.2) is 47.4 Å². The molecular formula is C21H25ClFN3O8S. The Labute approximate surface area is 206 Å². The molecule has 0 unspecified atom stereocenters. The van der Waals surface area contributed by atoms with Crippen molar-refractivity contribution >= 4 is 33.6 Å². The summed E-state index contributed by atoms with van der Waals surface area (Å²) in [6, 6.07) is 9.09. The lowest BCUT2D eigenvalue weighted by atomic mass is 10.3. The van der Waals surface area contributed by atoms with Gasteiger partial charge in [0, 0.05) is 32.3 Å². The number of hydroxylamine groups is 1. The van der Waals surface area contributed by atoms with Crippen LogP contribution in [0.5, 0.6) is 11.5 Å². The second kappa shape index (κ2) is 13.2. The first-order chi connectivity index (χ1) is 16.6. The highest BCUT2D eigenvalue weighted by Gasteiger charge is 2.28. The summed E-state index contributed by atoms with van der Waals surface area (Å²) >= 11 is 5.81. The van der Waals surface area contributed by atoms with E-state index in [2.05, 4.69) is 0 Å². The second-order valence-electron chi connectivity index (χ2n) is 7.05. The summed E-state index contributed by atoms with van der Waals surface area (Å²) < 4.78 is 56.7. The first-order valence-corrected chi connectivity index (χ1v) is 11.9. The number of halogens is 2. The van der Waals surface area contributed by atoms with E-state index in [1.807, 2.05) is 0 Å². The fourth-order valence-corrected chi connectivity index (χ4v) is 4.18. The van der Waals surface area contributed by atoms with Gasteiger partial charge in [-0.3, -0.25) is 10.0 Å². The maximum atomic E-state index is 14.7. The van der Waals surface area contributed by atoms with Crippen LogP contribution < -0.4 is 10.2 Å². The van der Waals surface area contributed by atoms with Crippen molar-refractivity contribution in [3.05, 3.63) is 53.3 Å².